The second-order valence-electron chi connectivity index (χ2n) is 7.49. The Kier molecular flexibility index (Phi) is 7.86. The van der Waals surface area contributed by atoms with Crippen LogP contribution >= 0.6 is 24.8 Å². The molecule has 0 unspecified atom stereocenters. The fourth-order valence-corrected chi connectivity index (χ4v) is 3.79. The molecule has 0 amide bonds. The van der Waals surface area contributed by atoms with E-state index < -0.39 is 0 Å². The van der Waals surface area contributed by atoms with Gasteiger partial charge in [0.2, 0.25) is 11.8 Å². The summed E-state index contributed by atoms with van der Waals surface area (Å²) in [7, 11) is 0. The molecule has 0 aliphatic carbocycles. The number of anilines is 2. The Bertz CT molecular complexity index is 775. The molecule has 0 radical (unpaired) electrons. The molecule has 0 bridgehead atoms. The van der Waals surface area contributed by atoms with E-state index in [1.165, 1.54) is 5.56 Å². The number of nitrogens with one attached hydrogen (secondary N) is 1. The lowest BCUT2D eigenvalue weighted by Gasteiger charge is -2.33. The zero-order valence-electron chi connectivity index (χ0n) is 16.3. The van der Waals surface area contributed by atoms with Crippen molar-refractivity contribution in [2.75, 3.05) is 36.8 Å². The Hall–Kier alpha value is -1.64. The average Bonchev–Trinajstić information content (AvgIpc) is 3.02. The Labute approximate surface area is 177 Å². The van der Waals surface area contributed by atoms with Gasteiger partial charge in [-0.3, -0.25) is 0 Å². The zero-order chi connectivity index (χ0) is 18.1. The summed E-state index contributed by atoms with van der Waals surface area (Å²) in [5.41, 5.74) is 8.34. The highest BCUT2D eigenvalue weighted by Crippen LogP contribution is 2.32. The van der Waals surface area contributed by atoms with E-state index in [1.807, 2.05) is 0 Å². The molecule has 28 heavy (non-hydrogen) atoms. The van der Waals surface area contributed by atoms with E-state index in [2.05, 4.69) is 44.2 Å². The predicted molar refractivity (Wildman–Crippen MR) is 114 cm³/mol. The summed E-state index contributed by atoms with van der Waals surface area (Å²) < 4.78 is 5.50. The van der Waals surface area contributed by atoms with E-state index in [1.54, 1.807) is 0 Å². The Morgan fingerprint density at radius 2 is 1.79 bits per heavy atom. The highest BCUT2D eigenvalue weighted by molar-refractivity contribution is 5.85. The van der Waals surface area contributed by atoms with E-state index in [0.717, 1.165) is 75.1 Å². The summed E-state index contributed by atoms with van der Waals surface area (Å²) in [6.07, 6.45) is 3.82. The van der Waals surface area contributed by atoms with Gasteiger partial charge in [-0.2, -0.15) is 9.97 Å². The van der Waals surface area contributed by atoms with Gasteiger partial charge < -0.3 is 20.5 Å². The van der Waals surface area contributed by atoms with Crippen molar-refractivity contribution in [2.24, 2.45) is 0 Å². The van der Waals surface area contributed by atoms with Gasteiger partial charge in [-0.05, 0) is 25.8 Å². The van der Waals surface area contributed by atoms with Gasteiger partial charge in [-0.15, -0.1) is 24.8 Å². The fourth-order valence-electron chi connectivity index (χ4n) is 3.79. The summed E-state index contributed by atoms with van der Waals surface area (Å²) in [5, 5.41) is 7.53. The second kappa shape index (κ2) is 9.71. The smallest absolute Gasteiger partial charge is 0.229 e. The number of piperidine rings is 1. The van der Waals surface area contributed by atoms with Crippen LogP contribution in [0.1, 0.15) is 61.5 Å². The zero-order valence-corrected chi connectivity index (χ0v) is 18.0. The first kappa shape index (κ1) is 22.6. The number of nitrogen functional groups attached to an aromatic ring is 1. The summed E-state index contributed by atoms with van der Waals surface area (Å²) in [5.74, 6) is 3.58. The lowest BCUT2D eigenvalue weighted by atomic mass is 9.96. The molecule has 8 nitrogen and oxygen atoms in total. The number of fused-ring (bicyclic) bond motifs is 1. The molecule has 4 heterocycles. The van der Waals surface area contributed by atoms with Gasteiger partial charge in [0.15, 0.2) is 5.82 Å². The second-order valence-corrected chi connectivity index (χ2v) is 7.49. The van der Waals surface area contributed by atoms with E-state index in [0.29, 0.717) is 17.8 Å². The monoisotopic (exact) mass is 429 g/mol. The molecule has 2 aromatic heterocycles. The third-order valence-corrected chi connectivity index (χ3v) is 5.30. The summed E-state index contributed by atoms with van der Waals surface area (Å²) in [4.78, 5) is 16.0. The molecule has 10 heteroatoms. The molecule has 0 saturated carbocycles. The standard InChI is InChI=1S/C18H27N7O.2ClH/c1-11(2)15-22-17(26-24-15)12-5-9-25(10-6-12)16-13-3-7-20-8-4-14(13)21-18(19)23-16;;/h11-12,20H,3-10H2,1-2H3,(H2,19,21,23);2*1H. The van der Waals surface area contributed by atoms with Crippen LogP contribution in [0.25, 0.3) is 0 Å². The van der Waals surface area contributed by atoms with Crippen molar-refractivity contribution in [3.8, 4) is 0 Å². The number of rotatable bonds is 3. The van der Waals surface area contributed by atoms with Crippen LogP contribution in [0.2, 0.25) is 0 Å². The van der Waals surface area contributed by atoms with Crippen molar-refractivity contribution >= 4 is 36.6 Å². The fraction of sp³-hybridized carbons (Fsp3) is 0.667. The van der Waals surface area contributed by atoms with Crippen molar-refractivity contribution in [3.05, 3.63) is 23.0 Å². The maximum Gasteiger partial charge on any atom is 0.229 e. The third-order valence-electron chi connectivity index (χ3n) is 5.30. The third kappa shape index (κ3) is 4.67. The van der Waals surface area contributed by atoms with Crippen LogP contribution < -0.4 is 16.0 Å². The quantitative estimate of drug-likeness (QED) is 0.765. The largest absolute Gasteiger partial charge is 0.368 e. The molecular formula is C18H29Cl2N7O. The van der Waals surface area contributed by atoms with Crippen LogP contribution in [-0.2, 0) is 12.8 Å². The molecule has 3 N–H and O–H groups in total. The molecule has 0 aromatic carbocycles. The van der Waals surface area contributed by atoms with Gasteiger partial charge in [0.1, 0.15) is 5.82 Å². The molecule has 4 rings (SSSR count). The first-order valence-corrected chi connectivity index (χ1v) is 9.56. The maximum atomic E-state index is 5.99. The highest BCUT2D eigenvalue weighted by Gasteiger charge is 2.28. The molecule has 2 aromatic rings. The van der Waals surface area contributed by atoms with Gasteiger partial charge in [0.05, 0.1) is 5.69 Å². The normalized spacial score (nSPS) is 17.5. The van der Waals surface area contributed by atoms with Crippen LogP contribution in [0.4, 0.5) is 11.8 Å². The van der Waals surface area contributed by atoms with Crippen molar-refractivity contribution in [1.29, 1.82) is 0 Å². The number of halogens is 2. The number of hydrogen-bond acceptors (Lipinski definition) is 8. The Morgan fingerprint density at radius 3 is 2.46 bits per heavy atom. The minimum absolute atomic E-state index is 0. The van der Waals surface area contributed by atoms with E-state index >= 15 is 0 Å². The average molecular weight is 430 g/mol. The summed E-state index contributed by atoms with van der Waals surface area (Å²) in [6.45, 7) is 7.90. The molecule has 1 fully saturated rings. The van der Waals surface area contributed by atoms with Crippen molar-refractivity contribution < 1.29 is 4.52 Å². The predicted octanol–water partition coefficient (Wildman–Crippen LogP) is 2.48. The van der Waals surface area contributed by atoms with Gasteiger partial charge in [0.25, 0.3) is 0 Å². The summed E-state index contributed by atoms with van der Waals surface area (Å²) in [6, 6.07) is 0. The van der Waals surface area contributed by atoms with Crippen molar-refractivity contribution in [2.45, 2.75) is 51.4 Å². The molecule has 0 atom stereocenters. The number of hydrogen-bond donors (Lipinski definition) is 2. The van der Waals surface area contributed by atoms with Gasteiger partial charge in [-0.1, -0.05) is 19.0 Å². The minimum Gasteiger partial charge on any atom is -0.368 e. The molecule has 2 aliphatic rings. The maximum absolute atomic E-state index is 5.99. The Morgan fingerprint density at radius 1 is 1.07 bits per heavy atom. The highest BCUT2D eigenvalue weighted by atomic mass is 35.5. The van der Waals surface area contributed by atoms with Crippen molar-refractivity contribution in [3.63, 3.8) is 0 Å². The van der Waals surface area contributed by atoms with Gasteiger partial charge in [-0.25, -0.2) is 4.98 Å². The van der Waals surface area contributed by atoms with E-state index in [-0.39, 0.29) is 24.8 Å². The van der Waals surface area contributed by atoms with E-state index in [4.69, 9.17) is 10.3 Å². The van der Waals surface area contributed by atoms with Crippen LogP contribution in [0.5, 0.6) is 0 Å². The number of nitrogens with zero attached hydrogens (tertiary/aromatic N) is 5. The van der Waals surface area contributed by atoms with Crippen molar-refractivity contribution in [1.82, 2.24) is 25.4 Å². The van der Waals surface area contributed by atoms with Crippen LogP contribution in [-0.4, -0.2) is 46.3 Å². The number of aromatic nitrogens is 4. The van der Waals surface area contributed by atoms with Crippen LogP contribution in [0.15, 0.2) is 4.52 Å². The Balaban J connectivity index is 0.00000140. The topological polar surface area (TPSA) is 106 Å². The lowest BCUT2D eigenvalue weighted by molar-refractivity contribution is 0.325. The molecule has 1 saturated heterocycles. The van der Waals surface area contributed by atoms with Crippen LogP contribution in [0.3, 0.4) is 0 Å². The summed E-state index contributed by atoms with van der Waals surface area (Å²) >= 11 is 0. The molecular weight excluding hydrogens is 401 g/mol. The SMILES string of the molecule is CC(C)c1noc(C2CCN(c3nc(N)nc4c3CCNCC4)CC2)n1.Cl.Cl. The van der Waals surface area contributed by atoms with Crippen LogP contribution in [0, 0.1) is 0 Å². The molecule has 2 aliphatic heterocycles. The first-order valence-electron chi connectivity index (χ1n) is 9.56. The minimum atomic E-state index is 0. The lowest BCUT2D eigenvalue weighted by Crippen LogP contribution is -2.35. The first-order chi connectivity index (χ1) is 12.6. The molecule has 0 spiro atoms. The van der Waals surface area contributed by atoms with E-state index in [9.17, 15) is 0 Å². The van der Waals surface area contributed by atoms with Gasteiger partial charge in [0, 0.05) is 43.5 Å². The number of nitrogens with two attached hydrogens (primary N) is 1. The van der Waals surface area contributed by atoms with Gasteiger partial charge >= 0.3 is 0 Å². The molecule has 156 valence electrons.